The first-order valence-electron chi connectivity index (χ1n) is 4.45. The maximum atomic E-state index is 6.82. The van der Waals surface area contributed by atoms with E-state index >= 15 is 0 Å². The molecule has 0 aromatic heterocycles. The quantitative estimate of drug-likeness (QED) is 0.343. The van der Waals surface area contributed by atoms with Crippen LogP contribution in [0, 0.1) is 5.41 Å². The van der Waals surface area contributed by atoms with Crippen LogP contribution < -0.4 is 0 Å². The van der Waals surface area contributed by atoms with Gasteiger partial charge in [0.1, 0.15) is 0 Å². The van der Waals surface area contributed by atoms with Crippen LogP contribution >= 0.6 is 0 Å². The minimum Gasteiger partial charge on any atom is -0.313 e. The van der Waals surface area contributed by atoms with Gasteiger partial charge in [-0.05, 0) is 38.8 Å². The first kappa shape index (κ1) is 10.4. The van der Waals surface area contributed by atoms with E-state index in [9.17, 15) is 0 Å². The Bertz CT molecular complexity index is 125. The molecule has 0 aromatic rings. The van der Waals surface area contributed by atoms with Crippen molar-refractivity contribution in [3.05, 3.63) is 11.6 Å². The fourth-order valence-corrected chi connectivity index (χ4v) is 1.06. The maximum absolute atomic E-state index is 6.82. The Labute approximate surface area is 70.0 Å². The van der Waals surface area contributed by atoms with Gasteiger partial charge in [-0.15, -0.1) is 0 Å². The molecule has 11 heavy (non-hydrogen) atoms. The second-order valence-electron chi connectivity index (χ2n) is 2.94. The van der Waals surface area contributed by atoms with E-state index in [0.29, 0.717) is 0 Å². The zero-order chi connectivity index (χ0) is 8.53. The molecule has 0 aliphatic rings. The molecular formula is C10H19N. The lowest BCUT2D eigenvalue weighted by molar-refractivity contribution is 0.857. The first-order chi connectivity index (χ1) is 5.31. The summed E-state index contributed by atoms with van der Waals surface area (Å²) in [5, 5.41) is 6.82. The maximum Gasteiger partial charge on any atom is -0.00476 e. The van der Waals surface area contributed by atoms with Gasteiger partial charge >= 0.3 is 0 Å². The highest BCUT2D eigenvalue weighted by atomic mass is 14.3. The highest BCUT2D eigenvalue weighted by molar-refractivity contribution is 5.52. The van der Waals surface area contributed by atoms with E-state index in [4.69, 9.17) is 5.41 Å². The summed E-state index contributed by atoms with van der Waals surface area (Å²) in [5.41, 5.74) is 1.50. The lowest BCUT2D eigenvalue weighted by Crippen LogP contribution is -1.77. The first-order valence-corrected chi connectivity index (χ1v) is 4.45. The average Bonchev–Trinajstić information content (AvgIpc) is 1.99. The van der Waals surface area contributed by atoms with E-state index in [1.165, 1.54) is 24.6 Å². The van der Waals surface area contributed by atoms with Gasteiger partial charge < -0.3 is 5.41 Å². The highest BCUT2D eigenvalue weighted by Gasteiger charge is 1.86. The third kappa shape index (κ3) is 7.31. The van der Waals surface area contributed by atoms with Crippen LogP contribution in [0.4, 0.5) is 0 Å². The average molecular weight is 153 g/mol. The van der Waals surface area contributed by atoms with Gasteiger partial charge in [0.2, 0.25) is 0 Å². The molecule has 0 saturated heterocycles. The van der Waals surface area contributed by atoms with E-state index in [-0.39, 0.29) is 0 Å². The molecule has 0 aliphatic heterocycles. The Morgan fingerprint density at radius 2 is 2.09 bits per heavy atom. The predicted molar refractivity (Wildman–Crippen MR) is 51.3 cm³/mol. The molecule has 0 atom stereocenters. The van der Waals surface area contributed by atoms with Gasteiger partial charge in [0.15, 0.2) is 0 Å². The normalized spacial score (nSPS) is 11.6. The number of rotatable bonds is 6. The number of nitrogens with one attached hydrogen (secondary N) is 1. The van der Waals surface area contributed by atoms with Crippen molar-refractivity contribution in [2.24, 2.45) is 0 Å². The molecule has 1 N–H and O–H groups in total. The second kappa shape index (κ2) is 7.52. The zero-order valence-corrected chi connectivity index (χ0v) is 7.69. The molecule has 0 radical (unpaired) electrons. The van der Waals surface area contributed by atoms with Crippen LogP contribution in [0.2, 0.25) is 0 Å². The van der Waals surface area contributed by atoms with Crippen LogP contribution in [0.5, 0.6) is 0 Å². The van der Waals surface area contributed by atoms with Crippen molar-refractivity contribution in [1.29, 1.82) is 5.41 Å². The van der Waals surface area contributed by atoms with Gasteiger partial charge in [-0.2, -0.15) is 0 Å². The summed E-state index contributed by atoms with van der Waals surface area (Å²) in [6, 6.07) is 0. The van der Waals surface area contributed by atoms with Gasteiger partial charge in [-0.1, -0.05) is 25.0 Å². The molecule has 0 unspecified atom stereocenters. The van der Waals surface area contributed by atoms with Crippen LogP contribution in [0.3, 0.4) is 0 Å². The Balaban J connectivity index is 3.31. The Morgan fingerprint density at radius 1 is 1.36 bits per heavy atom. The number of hydrogen-bond donors (Lipinski definition) is 1. The summed E-state index contributed by atoms with van der Waals surface area (Å²) < 4.78 is 0. The lowest BCUT2D eigenvalue weighted by atomic mass is 10.1. The molecule has 0 spiro atoms. The summed E-state index contributed by atoms with van der Waals surface area (Å²) in [5.74, 6) is 0. The third-order valence-corrected chi connectivity index (χ3v) is 1.69. The molecule has 1 heteroatoms. The largest absolute Gasteiger partial charge is 0.313 e. The summed E-state index contributed by atoms with van der Waals surface area (Å²) >= 11 is 0. The third-order valence-electron chi connectivity index (χ3n) is 1.69. The lowest BCUT2D eigenvalue weighted by Gasteiger charge is -1.96. The van der Waals surface area contributed by atoms with E-state index in [1.54, 1.807) is 0 Å². The number of allylic oxidation sites excluding steroid dienone is 2. The molecule has 0 aromatic carbocycles. The van der Waals surface area contributed by atoms with Crippen molar-refractivity contribution in [2.75, 3.05) is 0 Å². The summed E-state index contributed by atoms with van der Waals surface area (Å²) in [7, 11) is 0. The Hall–Kier alpha value is -0.590. The monoisotopic (exact) mass is 153 g/mol. The van der Waals surface area contributed by atoms with E-state index in [2.05, 4.69) is 19.9 Å². The predicted octanol–water partition coefficient (Wildman–Crippen LogP) is 3.55. The van der Waals surface area contributed by atoms with Gasteiger partial charge in [0.05, 0.1) is 0 Å². The smallest absolute Gasteiger partial charge is 0.00476 e. The van der Waals surface area contributed by atoms with Crippen LogP contribution in [0.15, 0.2) is 11.6 Å². The minimum absolute atomic E-state index is 0.926. The molecule has 1 nitrogen and oxygen atoms in total. The summed E-state index contributed by atoms with van der Waals surface area (Å²) in [4.78, 5) is 0. The summed E-state index contributed by atoms with van der Waals surface area (Å²) in [6.45, 7) is 4.39. The fraction of sp³-hybridized carbons (Fsp3) is 0.700. The van der Waals surface area contributed by atoms with Crippen molar-refractivity contribution in [3.8, 4) is 0 Å². The van der Waals surface area contributed by atoms with E-state index in [1.807, 2.05) is 0 Å². The SMILES string of the molecule is CCCC(C)=CCCCC=N. The highest BCUT2D eigenvalue weighted by Crippen LogP contribution is 2.05. The summed E-state index contributed by atoms with van der Waals surface area (Å²) in [6.07, 6.45) is 9.45. The van der Waals surface area contributed by atoms with E-state index < -0.39 is 0 Å². The molecule has 0 saturated carbocycles. The minimum atomic E-state index is 0.926. The Kier molecular flexibility index (Phi) is 7.11. The molecule has 0 bridgehead atoms. The van der Waals surface area contributed by atoms with Crippen molar-refractivity contribution < 1.29 is 0 Å². The topological polar surface area (TPSA) is 23.9 Å². The molecule has 0 amide bonds. The fourth-order valence-electron chi connectivity index (χ4n) is 1.06. The number of hydrogen-bond acceptors (Lipinski definition) is 1. The van der Waals surface area contributed by atoms with Crippen LogP contribution in [0.1, 0.15) is 46.0 Å². The number of unbranched alkanes of at least 4 members (excludes halogenated alkanes) is 2. The molecule has 0 rings (SSSR count). The van der Waals surface area contributed by atoms with Crippen LogP contribution in [-0.4, -0.2) is 6.21 Å². The van der Waals surface area contributed by atoms with Crippen LogP contribution in [-0.2, 0) is 0 Å². The Morgan fingerprint density at radius 3 is 2.64 bits per heavy atom. The second-order valence-corrected chi connectivity index (χ2v) is 2.94. The standard InChI is InChI=1S/C10H19N/c1-3-7-10(2)8-5-4-6-9-11/h8-9,11H,3-7H2,1-2H3. The zero-order valence-electron chi connectivity index (χ0n) is 7.69. The molecule has 64 valence electrons. The van der Waals surface area contributed by atoms with Gasteiger partial charge in [0, 0.05) is 0 Å². The molecule has 0 aliphatic carbocycles. The van der Waals surface area contributed by atoms with Gasteiger partial charge in [-0.3, -0.25) is 0 Å². The van der Waals surface area contributed by atoms with Crippen molar-refractivity contribution in [3.63, 3.8) is 0 Å². The van der Waals surface area contributed by atoms with Crippen LogP contribution in [0.25, 0.3) is 0 Å². The molecule has 0 fully saturated rings. The van der Waals surface area contributed by atoms with Crippen molar-refractivity contribution >= 4 is 6.21 Å². The van der Waals surface area contributed by atoms with Gasteiger partial charge in [-0.25, -0.2) is 0 Å². The molecule has 0 heterocycles. The molecular weight excluding hydrogens is 134 g/mol. The van der Waals surface area contributed by atoms with Gasteiger partial charge in [0.25, 0.3) is 0 Å². The van der Waals surface area contributed by atoms with Crippen molar-refractivity contribution in [1.82, 2.24) is 0 Å². The van der Waals surface area contributed by atoms with Crippen molar-refractivity contribution in [2.45, 2.75) is 46.0 Å². The van der Waals surface area contributed by atoms with E-state index in [0.717, 1.165) is 19.3 Å².